The first kappa shape index (κ1) is 20.1. The van der Waals surface area contributed by atoms with Crippen LogP contribution >= 0.6 is 0 Å². The first-order valence-corrected chi connectivity index (χ1v) is 9.37. The van der Waals surface area contributed by atoms with Crippen LogP contribution in [0, 0.1) is 0 Å². The molecule has 2 N–H and O–H groups in total. The van der Waals surface area contributed by atoms with Gasteiger partial charge in [-0.3, -0.25) is 14.4 Å². The SMILES string of the molecule is CCN(Cc1ccccc1)C(=O)c1cc2cc(NC(=O)CNC(C)=O)ccc2o1. The number of amides is 3. The van der Waals surface area contributed by atoms with E-state index >= 15 is 0 Å². The van der Waals surface area contributed by atoms with E-state index in [2.05, 4.69) is 10.6 Å². The van der Waals surface area contributed by atoms with Crippen LogP contribution in [0.3, 0.4) is 0 Å². The minimum absolute atomic E-state index is 0.104. The molecule has 3 amide bonds. The van der Waals surface area contributed by atoms with Gasteiger partial charge in [-0.15, -0.1) is 0 Å². The fraction of sp³-hybridized carbons (Fsp3) is 0.227. The monoisotopic (exact) mass is 393 g/mol. The Hall–Kier alpha value is -3.61. The zero-order valence-electron chi connectivity index (χ0n) is 16.4. The molecule has 7 nitrogen and oxygen atoms in total. The second-order valence-corrected chi connectivity index (χ2v) is 6.63. The van der Waals surface area contributed by atoms with Gasteiger partial charge in [-0.1, -0.05) is 30.3 Å². The van der Waals surface area contributed by atoms with Crippen molar-refractivity contribution in [3.63, 3.8) is 0 Å². The number of rotatable bonds is 7. The van der Waals surface area contributed by atoms with E-state index in [1.807, 2.05) is 37.3 Å². The number of carbonyl (C=O) groups is 3. The molecule has 3 aromatic rings. The normalized spacial score (nSPS) is 10.6. The summed E-state index contributed by atoms with van der Waals surface area (Å²) in [5, 5.41) is 5.85. The third-order valence-electron chi connectivity index (χ3n) is 4.39. The van der Waals surface area contributed by atoms with Crippen LogP contribution in [0.2, 0.25) is 0 Å². The fourth-order valence-electron chi connectivity index (χ4n) is 2.92. The number of nitrogens with one attached hydrogen (secondary N) is 2. The highest BCUT2D eigenvalue weighted by atomic mass is 16.3. The van der Waals surface area contributed by atoms with E-state index in [0.717, 1.165) is 5.56 Å². The van der Waals surface area contributed by atoms with Crippen molar-refractivity contribution in [2.75, 3.05) is 18.4 Å². The standard InChI is InChI=1S/C22H23N3O4/c1-3-25(14-16-7-5-4-6-8-16)22(28)20-12-17-11-18(9-10-19(17)29-20)24-21(27)13-23-15(2)26/h4-12H,3,13-14H2,1-2H3,(H,23,26)(H,24,27). The zero-order chi connectivity index (χ0) is 20.8. The molecule has 150 valence electrons. The van der Waals surface area contributed by atoms with Crippen LogP contribution in [-0.2, 0) is 16.1 Å². The van der Waals surface area contributed by atoms with Crippen LogP contribution in [0.4, 0.5) is 5.69 Å². The number of benzene rings is 2. The van der Waals surface area contributed by atoms with Gasteiger partial charge >= 0.3 is 0 Å². The predicted octanol–water partition coefficient (Wildman–Crippen LogP) is 3.17. The average molecular weight is 393 g/mol. The summed E-state index contributed by atoms with van der Waals surface area (Å²) >= 11 is 0. The second kappa shape index (κ2) is 9.05. The molecule has 0 atom stereocenters. The van der Waals surface area contributed by atoms with E-state index < -0.39 is 0 Å². The lowest BCUT2D eigenvalue weighted by Crippen LogP contribution is -2.31. The molecule has 1 aromatic heterocycles. The molecular weight excluding hydrogens is 370 g/mol. The van der Waals surface area contributed by atoms with Gasteiger partial charge in [0.25, 0.3) is 5.91 Å². The summed E-state index contributed by atoms with van der Waals surface area (Å²) in [4.78, 5) is 37.4. The molecule has 0 unspecified atom stereocenters. The van der Waals surface area contributed by atoms with Crippen molar-refractivity contribution in [3.8, 4) is 0 Å². The van der Waals surface area contributed by atoms with Crippen molar-refractivity contribution in [2.45, 2.75) is 20.4 Å². The Morgan fingerprint density at radius 2 is 1.79 bits per heavy atom. The molecule has 3 rings (SSSR count). The Labute approximate surface area is 168 Å². The van der Waals surface area contributed by atoms with Gasteiger partial charge in [0.05, 0.1) is 6.54 Å². The van der Waals surface area contributed by atoms with Gasteiger partial charge in [0, 0.05) is 31.1 Å². The minimum Gasteiger partial charge on any atom is -0.451 e. The van der Waals surface area contributed by atoms with Gasteiger partial charge in [-0.05, 0) is 36.8 Å². The summed E-state index contributed by atoms with van der Waals surface area (Å²) in [6.07, 6.45) is 0. The molecule has 29 heavy (non-hydrogen) atoms. The number of nitrogens with zero attached hydrogens (tertiary/aromatic N) is 1. The third kappa shape index (κ3) is 5.22. The van der Waals surface area contributed by atoms with Crippen LogP contribution in [0.15, 0.2) is 59.0 Å². The lowest BCUT2D eigenvalue weighted by atomic mass is 10.2. The summed E-state index contributed by atoms with van der Waals surface area (Å²) in [7, 11) is 0. The van der Waals surface area contributed by atoms with E-state index in [1.165, 1.54) is 6.92 Å². The maximum absolute atomic E-state index is 12.9. The topological polar surface area (TPSA) is 91.7 Å². The van der Waals surface area contributed by atoms with Crippen molar-refractivity contribution in [2.24, 2.45) is 0 Å². The third-order valence-corrected chi connectivity index (χ3v) is 4.39. The fourth-order valence-corrected chi connectivity index (χ4v) is 2.92. The Morgan fingerprint density at radius 3 is 2.48 bits per heavy atom. The quantitative estimate of drug-likeness (QED) is 0.645. The van der Waals surface area contributed by atoms with Gasteiger partial charge in [0.2, 0.25) is 11.8 Å². The summed E-state index contributed by atoms with van der Waals surface area (Å²) in [5.74, 6) is -0.549. The van der Waals surface area contributed by atoms with Crippen molar-refractivity contribution in [1.82, 2.24) is 10.2 Å². The van der Waals surface area contributed by atoms with Crippen LogP contribution < -0.4 is 10.6 Å². The molecule has 0 fully saturated rings. The van der Waals surface area contributed by atoms with Crippen LogP contribution in [0.5, 0.6) is 0 Å². The number of hydrogen-bond acceptors (Lipinski definition) is 4. The molecule has 0 aliphatic carbocycles. The number of carbonyl (C=O) groups excluding carboxylic acids is 3. The molecule has 0 radical (unpaired) electrons. The minimum atomic E-state index is -0.334. The molecule has 0 saturated carbocycles. The highest BCUT2D eigenvalue weighted by molar-refractivity contribution is 5.99. The number of hydrogen-bond donors (Lipinski definition) is 2. The Morgan fingerprint density at radius 1 is 1.03 bits per heavy atom. The molecule has 2 aromatic carbocycles. The van der Waals surface area contributed by atoms with Crippen molar-refractivity contribution < 1.29 is 18.8 Å². The highest BCUT2D eigenvalue weighted by Crippen LogP contribution is 2.24. The maximum Gasteiger partial charge on any atom is 0.289 e. The van der Waals surface area contributed by atoms with Crippen LogP contribution in [0.25, 0.3) is 11.0 Å². The number of anilines is 1. The lowest BCUT2D eigenvalue weighted by molar-refractivity contribution is -0.122. The van der Waals surface area contributed by atoms with Gasteiger partial charge in [-0.25, -0.2) is 0 Å². The van der Waals surface area contributed by atoms with E-state index in [-0.39, 0.29) is 30.0 Å². The Bertz CT molecular complexity index is 1030. The van der Waals surface area contributed by atoms with Gasteiger partial charge < -0.3 is 20.0 Å². The molecule has 0 aliphatic heterocycles. The first-order valence-electron chi connectivity index (χ1n) is 9.37. The van der Waals surface area contributed by atoms with Crippen LogP contribution in [0.1, 0.15) is 30.0 Å². The highest BCUT2D eigenvalue weighted by Gasteiger charge is 2.19. The largest absolute Gasteiger partial charge is 0.451 e. The van der Waals surface area contributed by atoms with Gasteiger partial charge in [-0.2, -0.15) is 0 Å². The van der Waals surface area contributed by atoms with Gasteiger partial charge in [0.1, 0.15) is 5.58 Å². The van der Waals surface area contributed by atoms with E-state index in [1.54, 1.807) is 29.2 Å². The molecule has 0 saturated heterocycles. The smallest absolute Gasteiger partial charge is 0.289 e. The number of furan rings is 1. The lowest BCUT2D eigenvalue weighted by Gasteiger charge is -2.19. The van der Waals surface area contributed by atoms with Crippen LogP contribution in [-0.4, -0.2) is 35.7 Å². The first-order chi connectivity index (χ1) is 14.0. The molecule has 7 heteroatoms. The van der Waals surface area contributed by atoms with Crippen molar-refractivity contribution in [1.29, 1.82) is 0 Å². The van der Waals surface area contributed by atoms with Gasteiger partial charge in [0.15, 0.2) is 5.76 Å². The average Bonchev–Trinajstić information content (AvgIpc) is 3.14. The molecule has 0 spiro atoms. The second-order valence-electron chi connectivity index (χ2n) is 6.63. The molecule has 0 aliphatic rings. The Balaban J connectivity index is 1.73. The van der Waals surface area contributed by atoms with Crippen molar-refractivity contribution in [3.05, 3.63) is 65.9 Å². The Kier molecular flexibility index (Phi) is 6.29. The summed E-state index contributed by atoms with van der Waals surface area (Å²) < 4.78 is 5.73. The molecular formula is C22H23N3O4. The summed E-state index contributed by atoms with van der Waals surface area (Å²) in [5.41, 5.74) is 2.16. The summed E-state index contributed by atoms with van der Waals surface area (Å²) in [6, 6.07) is 16.6. The maximum atomic E-state index is 12.9. The predicted molar refractivity (Wildman–Crippen MR) is 110 cm³/mol. The summed E-state index contributed by atoms with van der Waals surface area (Å²) in [6.45, 7) is 4.22. The molecule has 1 heterocycles. The van der Waals surface area contributed by atoms with E-state index in [0.29, 0.717) is 29.7 Å². The zero-order valence-corrected chi connectivity index (χ0v) is 16.4. The van der Waals surface area contributed by atoms with Crippen molar-refractivity contribution >= 4 is 34.4 Å². The van der Waals surface area contributed by atoms with E-state index in [4.69, 9.17) is 4.42 Å². The molecule has 0 bridgehead atoms. The van der Waals surface area contributed by atoms with E-state index in [9.17, 15) is 14.4 Å². The number of fused-ring (bicyclic) bond motifs is 1.